The summed E-state index contributed by atoms with van der Waals surface area (Å²) in [6.07, 6.45) is 0.417. The highest BCUT2D eigenvalue weighted by molar-refractivity contribution is 6.06. The van der Waals surface area contributed by atoms with Crippen LogP contribution in [0.15, 0.2) is 66.7 Å². The Morgan fingerprint density at radius 3 is 2.63 bits per heavy atom. The fourth-order valence-corrected chi connectivity index (χ4v) is 3.80. The molecular formula is C23H24N2O2. The molecule has 1 amide bonds. The summed E-state index contributed by atoms with van der Waals surface area (Å²) in [6.45, 7) is 2.60. The predicted octanol–water partition coefficient (Wildman–Crippen LogP) is 2.99. The zero-order valence-electron chi connectivity index (χ0n) is 15.3. The van der Waals surface area contributed by atoms with Crippen LogP contribution in [-0.2, 0) is 13.0 Å². The Morgan fingerprint density at radius 2 is 1.74 bits per heavy atom. The number of nitrogens with zero attached hydrogens (tertiary/aromatic N) is 1. The maximum Gasteiger partial charge on any atom is 0.252 e. The van der Waals surface area contributed by atoms with Crippen LogP contribution in [0.1, 0.15) is 21.5 Å². The van der Waals surface area contributed by atoms with Crippen LogP contribution in [0.4, 0.5) is 0 Å². The Labute approximate surface area is 159 Å². The van der Waals surface area contributed by atoms with Gasteiger partial charge >= 0.3 is 0 Å². The normalized spacial score (nSPS) is 15.3. The molecule has 1 aliphatic heterocycles. The zero-order chi connectivity index (χ0) is 18.6. The van der Waals surface area contributed by atoms with Crippen molar-refractivity contribution < 1.29 is 9.90 Å². The largest absolute Gasteiger partial charge is 0.390 e. The molecular weight excluding hydrogens is 336 g/mol. The van der Waals surface area contributed by atoms with E-state index in [1.165, 1.54) is 11.1 Å². The molecule has 3 aromatic rings. The van der Waals surface area contributed by atoms with Gasteiger partial charge in [-0.3, -0.25) is 9.69 Å². The van der Waals surface area contributed by atoms with Crippen LogP contribution < -0.4 is 5.32 Å². The minimum atomic E-state index is -0.589. The first-order valence-corrected chi connectivity index (χ1v) is 9.44. The van der Waals surface area contributed by atoms with Gasteiger partial charge in [-0.15, -0.1) is 0 Å². The average molecular weight is 360 g/mol. The molecule has 4 nitrogen and oxygen atoms in total. The molecule has 0 aromatic heterocycles. The molecule has 1 unspecified atom stereocenters. The molecule has 27 heavy (non-hydrogen) atoms. The molecule has 3 aromatic carbocycles. The van der Waals surface area contributed by atoms with E-state index in [9.17, 15) is 9.90 Å². The van der Waals surface area contributed by atoms with Crippen molar-refractivity contribution in [1.82, 2.24) is 10.2 Å². The molecule has 0 saturated heterocycles. The van der Waals surface area contributed by atoms with E-state index in [2.05, 4.69) is 34.5 Å². The van der Waals surface area contributed by atoms with Crippen molar-refractivity contribution in [3.8, 4) is 0 Å². The molecule has 1 aliphatic rings. The third-order valence-electron chi connectivity index (χ3n) is 5.21. The number of benzene rings is 3. The summed E-state index contributed by atoms with van der Waals surface area (Å²) in [6, 6.07) is 22.0. The number of nitrogens with one attached hydrogen (secondary N) is 1. The Balaban J connectivity index is 1.34. The molecule has 1 heterocycles. The molecule has 0 aliphatic carbocycles. The van der Waals surface area contributed by atoms with Crippen LogP contribution in [-0.4, -0.2) is 41.7 Å². The molecule has 4 heteroatoms. The predicted molar refractivity (Wildman–Crippen MR) is 108 cm³/mol. The minimum Gasteiger partial charge on any atom is -0.390 e. The number of hydrogen-bond donors (Lipinski definition) is 2. The molecule has 0 fully saturated rings. The maximum atomic E-state index is 12.6. The van der Waals surface area contributed by atoms with Gasteiger partial charge in [-0.2, -0.15) is 0 Å². The van der Waals surface area contributed by atoms with E-state index < -0.39 is 6.10 Å². The summed E-state index contributed by atoms with van der Waals surface area (Å²) in [5.74, 6) is -0.144. The van der Waals surface area contributed by atoms with Crippen LogP contribution in [0.2, 0.25) is 0 Å². The second-order valence-corrected chi connectivity index (χ2v) is 7.14. The molecule has 0 saturated carbocycles. The van der Waals surface area contributed by atoms with Crippen molar-refractivity contribution in [1.29, 1.82) is 0 Å². The van der Waals surface area contributed by atoms with Gasteiger partial charge in [0.25, 0.3) is 5.91 Å². The third-order valence-corrected chi connectivity index (χ3v) is 5.21. The van der Waals surface area contributed by atoms with Crippen LogP contribution >= 0.6 is 0 Å². The molecule has 0 bridgehead atoms. The summed E-state index contributed by atoms with van der Waals surface area (Å²) in [5, 5.41) is 15.3. The lowest BCUT2D eigenvalue weighted by atomic mass is 10.00. The molecule has 4 rings (SSSR count). The van der Waals surface area contributed by atoms with Crippen molar-refractivity contribution in [2.75, 3.05) is 19.6 Å². The van der Waals surface area contributed by atoms with Gasteiger partial charge in [0.05, 0.1) is 6.10 Å². The number of amides is 1. The summed E-state index contributed by atoms with van der Waals surface area (Å²) >= 11 is 0. The van der Waals surface area contributed by atoms with Crippen molar-refractivity contribution in [2.45, 2.75) is 19.1 Å². The van der Waals surface area contributed by atoms with E-state index in [0.29, 0.717) is 12.1 Å². The highest BCUT2D eigenvalue weighted by Gasteiger charge is 2.19. The lowest BCUT2D eigenvalue weighted by Crippen LogP contribution is -2.42. The molecule has 0 radical (unpaired) electrons. The first kappa shape index (κ1) is 17.7. The van der Waals surface area contributed by atoms with Gasteiger partial charge in [0.1, 0.15) is 0 Å². The first-order valence-electron chi connectivity index (χ1n) is 9.44. The molecule has 0 spiro atoms. The Morgan fingerprint density at radius 1 is 1.00 bits per heavy atom. The zero-order valence-corrected chi connectivity index (χ0v) is 15.3. The summed E-state index contributed by atoms with van der Waals surface area (Å²) < 4.78 is 0. The molecule has 2 N–H and O–H groups in total. The number of aliphatic hydroxyl groups excluding tert-OH is 1. The highest BCUT2D eigenvalue weighted by Crippen LogP contribution is 2.19. The summed E-state index contributed by atoms with van der Waals surface area (Å²) in [4.78, 5) is 14.8. The van der Waals surface area contributed by atoms with E-state index in [0.717, 1.165) is 30.3 Å². The van der Waals surface area contributed by atoms with Crippen LogP contribution in [0.25, 0.3) is 10.8 Å². The van der Waals surface area contributed by atoms with Gasteiger partial charge in [-0.05, 0) is 34.4 Å². The summed E-state index contributed by atoms with van der Waals surface area (Å²) in [5.41, 5.74) is 3.37. The lowest BCUT2D eigenvalue weighted by molar-refractivity contribution is 0.0843. The van der Waals surface area contributed by atoms with Crippen LogP contribution in [0.5, 0.6) is 0 Å². The Hall–Kier alpha value is -2.69. The second kappa shape index (κ2) is 7.91. The first-order chi connectivity index (χ1) is 13.2. The van der Waals surface area contributed by atoms with Crippen LogP contribution in [0.3, 0.4) is 0 Å². The number of β-amino-alcohol motifs (C(OH)–C–C–N with tert-alkyl or cyclic N) is 1. The van der Waals surface area contributed by atoms with Gasteiger partial charge < -0.3 is 10.4 Å². The average Bonchev–Trinajstić information content (AvgIpc) is 2.71. The van der Waals surface area contributed by atoms with E-state index >= 15 is 0 Å². The van der Waals surface area contributed by atoms with Gasteiger partial charge in [0.2, 0.25) is 0 Å². The third kappa shape index (κ3) is 4.02. The number of hydrogen-bond acceptors (Lipinski definition) is 3. The van der Waals surface area contributed by atoms with Crippen molar-refractivity contribution in [2.24, 2.45) is 0 Å². The number of fused-ring (bicyclic) bond motifs is 2. The van der Waals surface area contributed by atoms with Gasteiger partial charge in [0.15, 0.2) is 0 Å². The summed E-state index contributed by atoms with van der Waals surface area (Å²) in [7, 11) is 0. The van der Waals surface area contributed by atoms with E-state index in [-0.39, 0.29) is 12.5 Å². The topological polar surface area (TPSA) is 52.6 Å². The van der Waals surface area contributed by atoms with Crippen molar-refractivity contribution >= 4 is 16.7 Å². The number of aliphatic hydroxyl groups is 1. The van der Waals surface area contributed by atoms with Gasteiger partial charge in [-0.25, -0.2) is 0 Å². The molecule has 138 valence electrons. The van der Waals surface area contributed by atoms with Crippen LogP contribution in [0, 0.1) is 0 Å². The standard InChI is InChI=1S/C23H24N2O2/c26-20(16-25-13-12-17-6-1-2-8-19(17)15-25)14-24-23(27)22-11-5-9-18-7-3-4-10-21(18)22/h1-11,20,26H,12-16H2,(H,24,27). The molecule has 1 atom stereocenters. The highest BCUT2D eigenvalue weighted by atomic mass is 16.3. The smallest absolute Gasteiger partial charge is 0.252 e. The Bertz CT molecular complexity index is 949. The van der Waals surface area contributed by atoms with Gasteiger partial charge in [0, 0.05) is 31.7 Å². The number of carbonyl (C=O) groups is 1. The fourth-order valence-electron chi connectivity index (χ4n) is 3.80. The maximum absolute atomic E-state index is 12.6. The van der Waals surface area contributed by atoms with E-state index in [1.54, 1.807) is 0 Å². The number of rotatable bonds is 5. The van der Waals surface area contributed by atoms with Crippen molar-refractivity contribution in [3.63, 3.8) is 0 Å². The van der Waals surface area contributed by atoms with E-state index in [4.69, 9.17) is 0 Å². The quantitative estimate of drug-likeness (QED) is 0.735. The second-order valence-electron chi connectivity index (χ2n) is 7.14. The Kier molecular flexibility index (Phi) is 5.19. The van der Waals surface area contributed by atoms with Gasteiger partial charge in [-0.1, -0.05) is 60.7 Å². The monoisotopic (exact) mass is 360 g/mol. The van der Waals surface area contributed by atoms with E-state index in [1.807, 2.05) is 42.5 Å². The SMILES string of the molecule is O=C(NCC(O)CN1CCc2ccccc2C1)c1cccc2ccccc12. The fraction of sp³-hybridized carbons (Fsp3) is 0.261. The lowest BCUT2D eigenvalue weighted by Gasteiger charge is -2.30. The minimum absolute atomic E-state index is 0.144. The number of carbonyl (C=O) groups excluding carboxylic acids is 1. The van der Waals surface area contributed by atoms with Crippen molar-refractivity contribution in [3.05, 3.63) is 83.4 Å².